The molecule has 0 saturated heterocycles. The lowest BCUT2D eigenvalue weighted by atomic mass is 10.1. The maximum atomic E-state index is 11.9. The predicted molar refractivity (Wildman–Crippen MR) is 74.2 cm³/mol. The summed E-state index contributed by atoms with van der Waals surface area (Å²) < 4.78 is 10.6. The van der Waals surface area contributed by atoms with Gasteiger partial charge in [0.2, 0.25) is 0 Å². The van der Waals surface area contributed by atoms with Crippen LogP contribution < -0.4 is 5.32 Å². The van der Waals surface area contributed by atoms with Crippen molar-refractivity contribution in [2.24, 2.45) is 0 Å². The molecule has 1 N–H and O–H groups in total. The normalized spacial score (nSPS) is 12.8. The van der Waals surface area contributed by atoms with Crippen molar-refractivity contribution in [1.29, 1.82) is 0 Å². The molecule has 0 fully saturated rings. The molecule has 1 unspecified atom stereocenters. The van der Waals surface area contributed by atoms with Crippen LogP contribution in [0.4, 0.5) is 4.79 Å². The topological polar surface area (TPSA) is 64.4 Å². The first kappa shape index (κ1) is 14.1. The van der Waals surface area contributed by atoms with Gasteiger partial charge in [-0.15, -0.1) is 0 Å². The predicted octanol–water partition coefficient (Wildman–Crippen LogP) is 3.29. The number of aromatic nitrogens is 1. The average molecular weight is 274 g/mol. The number of hydrogen-bond acceptors (Lipinski definition) is 4. The molecule has 0 saturated carbocycles. The van der Waals surface area contributed by atoms with Gasteiger partial charge < -0.3 is 14.5 Å². The Morgan fingerprint density at radius 1 is 1.30 bits per heavy atom. The molecule has 0 radical (unpaired) electrons. The van der Waals surface area contributed by atoms with Crippen LogP contribution in [0.3, 0.4) is 0 Å². The molecule has 0 aliphatic rings. The largest absolute Gasteiger partial charge is 0.446 e. The molecule has 0 spiro atoms. The van der Waals surface area contributed by atoms with Gasteiger partial charge in [-0.2, -0.15) is 0 Å². The van der Waals surface area contributed by atoms with E-state index in [9.17, 15) is 4.79 Å². The van der Waals surface area contributed by atoms with E-state index >= 15 is 0 Å². The summed E-state index contributed by atoms with van der Waals surface area (Å²) in [6.45, 7) is 5.45. The molecule has 1 heterocycles. The van der Waals surface area contributed by atoms with Crippen molar-refractivity contribution in [2.75, 3.05) is 0 Å². The third-order valence-electron chi connectivity index (χ3n) is 2.53. The summed E-state index contributed by atoms with van der Waals surface area (Å²) >= 11 is 0. The highest BCUT2D eigenvalue weighted by Crippen LogP contribution is 2.22. The molecular formula is C15H18N2O3. The first-order valence-electron chi connectivity index (χ1n) is 6.38. The number of nitrogens with one attached hydrogen (secondary N) is 1. The number of nitrogens with zero attached hydrogens (tertiary/aromatic N) is 1. The summed E-state index contributed by atoms with van der Waals surface area (Å²) in [5, 5.41) is 2.80. The number of alkyl carbamates (subject to hydrolysis) is 1. The van der Waals surface area contributed by atoms with Crippen LogP contribution in [-0.2, 0) is 4.74 Å². The van der Waals surface area contributed by atoms with Gasteiger partial charge in [-0.1, -0.05) is 30.3 Å². The monoisotopic (exact) mass is 274 g/mol. The molecule has 0 bridgehead atoms. The van der Waals surface area contributed by atoms with Crippen molar-refractivity contribution in [3.05, 3.63) is 54.2 Å². The summed E-state index contributed by atoms with van der Waals surface area (Å²) in [6, 6.07) is 9.10. The highest BCUT2D eigenvalue weighted by Gasteiger charge is 2.23. The summed E-state index contributed by atoms with van der Waals surface area (Å²) in [5.74, 6) is 0.557. The SMILES string of the molecule is CC(C)(C)OC(=O)NC(c1ccccc1)c1cnco1. The van der Waals surface area contributed by atoms with Gasteiger partial charge in [-0.3, -0.25) is 0 Å². The molecule has 5 heteroatoms. The molecule has 1 aromatic heterocycles. The highest BCUT2D eigenvalue weighted by molar-refractivity contribution is 5.69. The molecule has 106 valence electrons. The van der Waals surface area contributed by atoms with Crippen LogP contribution in [-0.4, -0.2) is 16.7 Å². The molecule has 1 amide bonds. The third kappa shape index (κ3) is 3.85. The standard InChI is InChI=1S/C15H18N2O3/c1-15(2,3)20-14(18)17-13(12-9-16-10-19-12)11-7-5-4-6-8-11/h4-10,13H,1-3H3,(H,17,18). The lowest BCUT2D eigenvalue weighted by molar-refractivity contribution is 0.0507. The molecule has 20 heavy (non-hydrogen) atoms. The fourth-order valence-electron chi connectivity index (χ4n) is 1.76. The Hall–Kier alpha value is -2.30. The van der Waals surface area contributed by atoms with Gasteiger partial charge in [-0.25, -0.2) is 9.78 Å². The number of carbonyl (C=O) groups is 1. The maximum absolute atomic E-state index is 11.9. The van der Waals surface area contributed by atoms with Gasteiger partial charge in [0.1, 0.15) is 11.6 Å². The fourth-order valence-corrected chi connectivity index (χ4v) is 1.76. The van der Waals surface area contributed by atoms with Crippen LogP contribution in [0.1, 0.15) is 38.1 Å². The van der Waals surface area contributed by atoms with Crippen LogP contribution in [0.15, 0.2) is 47.3 Å². The van der Waals surface area contributed by atoms with E-state index in [0.29, 0.717) is 5.76 Å². The van der Waals surface area contributed by atoms with Crippen molar-refractivity contribution >= 4 is 6.09 Å². The van der Waals surface area contributed by atoms with E-state index in [-0.39, 0.29) is 0 Å². The molecular weight excluding hydrogens is 256 g/mol. The Morgan fingerprint density at radius 3 is 2.55 bits per heavy atom. The quantitative estimate of drug-likeness (QED) is 0.932. The first-order chi connectivity index (χ1) is 9.46. The molecule has 5 nitrogen and oxygen atoms in total. The van der Waals surface area contributed by atoms with E-state index in [1.807, 2.05) is 51.1 Å². The van der Waals surface area contributed by atoms with Gasteiger partial charge in [0.25, 0.3) is 0 Å². The minimum atomic E-state index is -0.549. The molecule has 0 aliphatic heterocycles. The smallest absolute Gasteiger partial charge is 0.408 e. The van der Waals surface area contributed by atoms with Crippen molar-refractivity contribution < 1.29 is 13.9 Å². The maximum Gasteiger partial charge on any atom is 0.408 e. The second-order valence-electron chi connectivity index (χ2n) is 5.39. The fraction of sp³-hybridized carbons (Fsp3) is 0.333. The van der Waals surface area contributed by atoms with Crippen LogP contribution >= 0.6 is 0 Å². The van der Waals surface area contributed by atoms with E-state index in [1.54, 1.807) is 6.20 Å². The van der Waals surface area contributed by atoms with E-state index in [1.165, 1.54) is 6.39 Å². The Morgan fingerprint density at radius 2 is 2.00 bits per heavy atom. The second kappa shape index (κ2) is 5.77. The van der Waals surface area contributed by atoms with Gasteiger partial charge in [0.05, 0.1) is 6.20 Å². The van der Waals surface area contributed by atoms with E-state index in [4.69, 9.17) is 9.15 Å². The summed E-state index contributed by atoms with van der Waals surface area (Å²) in [4.78, 5) is 15.8. The Kier molecular flexibility index (Phi) is 4.08. The van der Waals surface area contributed by atoms with Crippen LogP contribution in [0, 0.1) is 0 Å². The molecule has 2 aromatic rings. The Balaban J connectivity index is 2.19. The van der Waals surface area contributed by atoms with Crippen LogP contribution in [0.25, 0.3) is 0 Å². The first-order valence-corrected chi connectivity index (χ1v) is 6.38. The third-order valence-corrected chi connectivity index (χ3v) is 2.53. The number of rotatable bonds is 3. The molecule has 1 atom stereocenters. The van der Waals surface area contributed by atoms with Crippen molar-refractivity contribution in [1.82, 2.24) is 10.3 Å². The Labute approximate surface area is 118 Å². The molecule has 1 aromatic carbocycles. The van der Waals surface area contributed by atoms with Crippen molar-refractivity contribution in [3.63, 3.8) is 0 Å². The lowest BCUT2D eigenvalue weighted by Gasteiger charge is -2.22. The second-order valence-corrected chi connectivity index (χ2v) is 5.39. The van der Waals surface area contributed by atoms with Gasteiger partial charge in [0, 0.05) is 0 Å². The van der Waals surface area contributed by atoms with E-state index in [2.05, 4.69) is 10.3 Å². The number of ether oxygens (including phenoxy) is 1. The summed E-state index contributed by atoms with van der Waals surface area (Å²) in [7, 11) is 0. The zero-order valence-electron chi connectivity index (χ0n) is 11.8. The number of oxazole rings is 1. The Bertz CT molecular complexity index is 544. The van der Waals surface area contributed by atoms with E-state index < -0.39 is 17.7 Å². The number of amides is 1. The average Bonchev–Trinajstić information content (AvgIpc) is 2.88. The van der Waals surface area contributed by atoms with E-state index in [0.717, 1.165) is 5.56 Å². The van der Waals surface area contributed by atoms with Crippen LogP contribution in [0.5, 0.6) is 0 Å². The van der Waals surface area contributed by atoms with Crippen molar-refractivity contribution in [2.45, 2.75) is 32.4 Å². The van der Waals surface area contributed by atoms with Gasteiger partial charge >= 0.3 is 6.09 Å². The highest BCUT2D eigenvalue weighted by atomic mass is 16.6. The lowest BCUT2D eigenvalue weighted by Crippen LogP contribution is -2.35. The minimum absolute atomic E-state index is 0.423. The van der Waals surface area contributed by atoms with Crippen molar-refractivity contribution in [3.8, 4) is 0 Å². The number of hydrogen-bond donors (Lipinski definition) is 1. The van der Waals surface area contributed by atoms with Gasteiger partial charge in [0.15, 0.2) is 12.2 Å². The molecule has 0 aliphatic carbocycles. The van der Waals surface area contributed by atoms with Crippen LogP contribution in [0.2, 0.25) is 0 Å². The zero-order chi connectivity index (χ0) is 14.6. The molecule has 2 rings (SSSR count). The zero-order valence-corrected chi connectivity index (χ0v) is 11.8. The van der Waals surface area contributed by atoms with Gasteiger partial charge in [-0.05, 0) is 26.3 Å². The summed E-state index contributed by atoms with van der Waals surface area (Å²) in [5.41, 5.74) is 0.349. The number of carbonyl (C=O) groups excluding carboxylic acids is 1. The summed E-state index contributed by atoms with van der Waals surface area (Å²) in [6.07, 6.45) is 2.42. The minimum Gasteiger partial charge on any atom is -0.446 e. The number of benzene rings is 1.